The van der Waals surface area contributed by atoms with Crippen LogP contribution in [-0.2, 0) is 14.3 Å². The van der Waals surface area contributed by atoms with Gasteiger partial charge in [-0.05, 0) is 48.4 Å². The Hall–Kier alpha value is -3.35. The summed E-state index contributed by atoms with van der Waals surface area (Å²) in [4.78, 5) is 38.5. The molecule has 0 radical (unpaired) electrons. The van der Waals surface area contributed by atoms with E-state index >= 15 is 0 Å². The molecule has 2 amide bonds. The van der Waals surface area contributed by atoms with E-state index in [-0.39, 0.29) is 24.9 Å². The highest BCUT2D eigenvalue weighted by atomic mass is 16.5. The van der Waals surface area contributed by atoms with Crippen LogP contribution in [0, 0.1) is 0 Å². The average Bonchev–Trinajstić information content (AvgIpc) is 3.36. The molecule has 1 aliphatic heterocycles. The van der Waals surface area contributed by atoms with Crippen LogP contribution in [-0.4, -0.2) is 52.7 Å². The molecule has 1 aliphatic carbocycles. The van der Waals surface area contributed by atoms with Gasteiger partial charge in [0.1, 0.15) is 12.1 Å². The smallest absolute Gasteiger partial charge is 0.407 e. The van der Waals surface area contributed by atoms with Crippen LogP contribution in [0.1, 0.15) is 56.6 Å². The molecule has 1 heterocycles. The van der Waals surface area contributed by atoms with Crippen LogP contribution in [0.4, 0.5) is 4.79 Å². The van der Waals surface area contributed by atoms with Crippen molar-refractivity contribution in [2.75, 3.05) is 13.2 Å². The Kier molecular flexibility index (Phi) is 6.40. The van der Waals surface area contributed by atoms with E-state index in [0.717, 1.165) is 22.3 Å². The summed E-state index contributed by atoms with van der Waals surface area (Å²) in [6.07, 6.45) is 1.10. The maximum atomic E-state index is 12.8. The molecular weight excluding hydrogens is 420 g/mol. The second-order valence-electron chi connectivity index (χ2n) is 9.01. The van der Waals surface area contributed by atoms with Gasteiger partial charge in [0, 0.05) is 24.9 Å². The molecule has 7 heteroatoms. The lowest BCUT2D eigenvalue weighted by molar-refractivity contribution is -0.155. The quantitative estimate of drug-likeness (QED) is 0.660. The number of aliphatic carboxylic acids is 1. The first kappa shape index (κ1) is 22.8. The van der Waals surface area contributed by atoms with Gasteiger partial charge in [-0.2, -0.15) is 0 Å². The number of carbonyl (C=O) groups is 3. The van der Waals surface area contributed by atoms with Crippen molar-refractivity contribution in [1.82, 2.24) is 10.2 Å². The third kappa shape index (κ3) is 4.32. The van der Waals surface area contributed by atoms with E-state index in [1.807, 2.05) is 31.2 Å². The van der Waals surface area contributed by atoms with Crippen molar-refractivity contribution < 1.29 is 24.2 Å². The number of hydrogen-bond acceptors (Lipinski definition) is 4. The highest BCUT2D eigenvalue weighted by Gasteiger charge is 2.46. The first-order chi connectivity index (χ1) is 15.8. The van der Waals surface area contributed by atoms with E-state index in [9.17, 15) is 19.5 Å². The minimum Gasteiger partial charge on any atom is -0.480 e. The van der Waals surface area contributed by atoms with Crippen LogP contribution in [0.3, 0.4) is 0 Å². The fourth-order valence-corrected chi connectivity index (χ4v) is 5.01. The molecule has 0 saturated carbocycles. The second kappa shape index (κ2) is 9.25. The van der Waals surface area contributed by atoms with E-state index in [4.69, 9.17) is 4.74 Å². The predicted octanol–water partition coefficient (Wildman–Crippen LogP) is 4.16. The summed E-state index contributed by atoms with van der Waals surface area (Å²) in [6.45, 7) is 4.08. The lowest BCUT2D eigenvalue weighted by Gasteiger charge is -2.32. The van der Waals surface area contributed by atoms with Gasteiger partial charge in [-0.15, -0.1) is 0 Å². The molecule has 1 fully saturated rings. The summed E-state index contributed by atoms with van der Waals surface area (Å²) in [5, 5.41) is 12.4. The van der Waals surface area contributed by atoms with Crippen molar-refractivity contribution in [3.63, 3.8) is 0 Å². The molecule has 0 spiro atoms. The van der Waals surface area contributed by atoms with E-state index in [1.165, 1.54) is 4.90 Å². The minimum atomic E-state index is -1.18. The summed E-state index contributed by atoms with van der Waals surface area (Å²) < 4.78 is 5.59. The summed E-state index contributed by atoms with van der Waals surface area (Å²) >= 11 is 0. The molecule has 1 saturated heterocycles. The van der Waals surface area contributed by atoms with Crippen LogP contribution < -0.4 is 5.32 Å². The third-order valence-electron chi connectivity index (χ3n) is 6.98. The number of benzene rings is 2. The van der Waals surface area contributed by atoms with Gasteiger partial charge < -0.3 is 20.1 Å². The van der Waals surface area contributed by atoms with E-state index < -0.39 is 23.6 Å². The number of ether oxygens (including phenoxy) is 1. The standard InChI is InChI=1S/C26H30N2O5/c1-3-17(15-23(29)28-14-8-13-26(28,2)24(30)31)27-25(32)33-16-22-20-11-6-4-9-18(20)19-10-5-7-12-21(19)22/h4-7,9-12,17,22H,3,8,13-16H2,1-2H3,(H,27,32)(H,30,31)/t17-,26?/m1/s1. The number of alkyl carbamates (subject to hydrolysis) is 1. The Bertz CT molecular complexity index is 1020. The highest BCUT2D eigenvalue weighted by Crippen LogP contribution is 2.44. The number of carboxylic acids is 1. The van der Waals surface area contributed by atoms with Crippen LogP contribution >= 0.6 is 0 Å². The van der Waals surface area contributed by atoms with Crippen LogP contribution in [0.5, 0.6) is 0 Å². The minimum absolute atomic E-state index is 0.0364. The van der Waals surface area contributed by atoms with Gasteiger partial charge in [0.15, 0.2) is 0 Å². The number of nitrogens with one attached hydrogen (secondary N) is 1. The Balaban J connectivity index is 1.37. The SMILES string of the molecule is CC[C@H](CC(=O)N1CCCC1(C)C(=O)O)NC(=O)OCC1c2ccccc2-c2ccccc21. The molecule has 1 unspecified atom stereocenters. The zero-order chi connectivity index (χ0) is 23.6. The number of hydrogen-bond donors (Lipinski definition) is 2. The van der Waals surface area contributed by atoms with Crippen molar-refractivity contribution in [3.05, 3.63) is 59.7 Å². The van der Waals surface area contributed by atoms with Gasteiger partial charge in [-0.1, -0.05) is 55.5 Å². The molecule has 0 aromatic heterocycles. The lowest BCUT2D eigenvalue weighted by atomic mass is 9.98. The highest BCUT2D eigenvalue weighted by molar-refractivity contribution is 5.88. The first-order valence-corrected chi connectivity index (χ1v) is 11.5. The van der Waals surface area contributed by atoms with Crippen molar-refractivity contribution in [2.24, 2.45) is 0 Å². The van der Waals surface area contributed by atoms with Gasteiger partial charge in [0.2, 0.25) is 5.91 Å². The second-order valence-corrected chi connectivity index (χ2v) is 9.01. The fourth-order valence-electron chi connectivity index (χ4n) is 5.01. The molecule has 7 nitrogen and oxygen atoms in total. The van der Waals surface area contributed by atoms with Crippen molar-refractivity contribution >= 4 is 18.0 Å². The normalized spacial score (nSPS) is 20.1. The van der Waals surface area contributed by atoms with Gasteiger partial charge in [0.25, 0.3) is 0 Å². The molecule has 2 aromatic carbocycles. The monoisotopic (exact) mass is 450 g/mol. The third-order valence-corrected chi connectivity index (χ3v) is 6.98. The lowest BCUT2D eigenvalue weighted by Crippen LogP contribution is -2.52. The summed E-state index contributed by atoms with van der Waals surface area (Å²) in [6, 6.07) is 15.8. The fraction of sp³-hybridized carbons (Fsp3) is 0.423. The maximum absolute atomic E-state index is 12.8. The number of carbonyl (C=O) groups excluding carboxylic acids is 2. The van der Waals surface area contributed by atoms with Gasteiger partial charge in [-0.3, -0.25) is 4.79 Å². The summed E-state index contributed by atoms with van der Waals surface area (Å²) in [7, 11) is 0. The molecule has 2 N–H and O–H groups in total. The predicted molar refractivity (Wildman–Crippen MR) is 124 cm³/mol. The topological polar surface area (TPSA) is 95.9 Å². The molecule has 0 bridgehead atoms. The Labute approximate surface area is 193 Å². The molecule has 33 heavy (non-hydrogen) atoms. The Morgan fingerprint density at radius 3 is 2.30 bits per heavy atom. The van der Waals surface area contributed by atoms with E-state index in [2.05, 4.69) is 29.6 Å². The largest absolute Gasteiger partial charge is 0.480 e. The maximum Gasteiger partial charge on any atom is 0.407 e. The van der Waals surface area contributed by atoms with Gasteiger partial charge in [-0.25, -0.2) is 9.59 Å². The summed E-state index contributed by atoms with van der Waals surface area (Å²) in [5.74, 6) is -1.29. The zero-order valence-corrected chi connectivity index (χ0v) is 19.0. The van der Waals surface area contributed by atoms with E-state index in [1.54, 1.807) is 6.92 Å². The van der Waals surface area contributed by atoms with Gasteiger partial charge in [0.05, 0.1) is 0 Å². The summed E-state index contributed by atoms with van der Waals surface area (Å²) in [5.41, 5.74) is 3.41. The number of nitrogens with zero attached hydrogens (tertiary/aromatic N) is 1. The van der Waals surface area contributed by atoms with Crippen LogP contribution in [0.2, 0.25) is 0 Å². The number of amides is 2. The van der Waals surface area contributed by atoms with Gasteiger partial charge >= 0.3 is 12.1 Å². The molecule has 174 valence electrons. The van der Waals surface area contributed by atoms with Crippen LogP contribution in [0.25, 0.3) is 11.1 Å². The number of carboxylic acid groups (broad SMARTS) is 1. The van der Waals surface area contributed by atoms with Crippen molar-refractivity contribution in [3.8, 4) is 11.1 Å². The van der Waals surface area contributed by atoms with E-state index in [0.29, 0.717) is 25.8 Å². The van der Waals surface area contributed by atoms with Crippen molar-refractivity contribution in [1.29, 1.82) is 0 Å². The number of likely N-dealkylation sites (tertiary alicyclic amines) is 1. The molecule has 2 aliphatic rings. The average molecular weight is 451 g/mol. The first-order valence-electron chi connectivity index (χ1n) is 11.5. The molecule has 2 aromatic rings. The number of fused-ring (bicyclic) bond motifs is 3. The van der Waals surface area contributed by atoms with Crippen LogP contribution in [0.15, 0.2) is 48.5 Å². The zero-order valence-electron chi connectivity index (χ0n) is 19.0. The molecular formula is C26H30N2O5. The Morgan fingerprint density at radius 1 is 1.12 bits per heavy atom. The number of rotatable bonds is 7. The van der Waals surface area contributed by atoms with Crippen molar-refractivity contribution in [2.45, 2.75) is 57.0 Å². The molecule has 2 atom stereocenters. The molecule has 4 rings (SSSR count). The Morgan fingerprint density at radius 2 is 1.73 bits per heavy atom.